The summed E-state index contributed by atoms with van der Waals surface area (Å²) < 4.78 is -0.126. The first-order valence-corrected chi connectivity index (χ1v) is 10.1. The van der Waals surface area contributed by atoms with Crippen LogP contribution in [0.4, 0.5) is 0 Å². The molecule has 0 aliphatic rings. The van der Waals surface area contributed by atoms with Gasteiger partial charge in [-0.2, -0.15) is 0 Å². The first-order valence-electron chi connectivity index (χ1n) is 10.1. The van der Waals surface area contributed by atoms with Gasteiger partial charge < -0.3 is 20.8 Å². The van der Waals surface area contributed by atoms with Gasteiger partial charge in [0.1, 0.15) is 0 Å². The van der Waals surface area contributed by atoms with Crippen LogP contribution < -0.4 is 0 Å². The minimum atomic E-state index is -0.126. The molecule has 0 rings (SSSR count). The molecule has 0 aromatic carbocycles. The third kappa shape index (κ3) is 26.7. The maximum Gasteiger partial charge on any atom is 0.0779 e. The smallest absolute Gasteiger partial charge is 0.0779 e. The third-order valence-electron chi connectivity index (χ3n) is 4.55. The Balaban J connectivity index is -0.00000220. The quantitative estimate of drug-likeness (QED) is 0.202. The highest BCUT2D eigenvalue weighted by atomic mass is 16.5. The number of hydrogen-bond donors (Lipinski definition) is 0. The average Bonchev–Trinajstić information content (AvgIpc) is 2.45. The summed E-state index contributed by atoms with van der Waals surface area (Å²) in [7, 11) is 3.48. The molecule has 0 fully saturated rings. The van der Waals surface area contributed by atoms with Crippen LogP contribution in [0.1, 0.15) is 110 Å². The van der Waals surface area contributed by atoms with Crippen LogP contribution in [0.25, 0.3) is 0 Å². The van der Waals surface area contributed by atoms with Gasteiger partial charge >= 0.3 is 0 Å². The zero-order valence-corrected chi connectivity index (χ0v) is 16.9. The van der Waals surface area contributed by atoms with Gasteiger partial charge in [0.15, 0.2) is 0 Å². The SMILES string of the molecule is CCCCCCCCCCCCCCCCCC[N+](C)(C)[O-].O.O. The standard InChI is InChI=1S/C20H43NO.2H2O/c1-4-5-6-7-8-9-10-11-12-13-14-15-16-17-18-19-20-21(2,3)22;;/h4-20H2,1-3H3;2*1H2. The Bertz CT molecular complexity index is 217. The van der Waals surface area contributed by atoms with Crippen LogP contribution in [-0.2, 0) is 0 Å². The lowest BCUT2D eigenvalue weighted by molar-refractivity contribution is -0.840. The van der Waals surface area contributed by atoms with Crippen molar-refractivity contribution in [3.8, 4) is 0 Å². The van der Waals surface area contributed by atoms with Crippen molar-refractivity contribution in [1.29, 1.82) is 0 Å². The maximum absolute atomic E-state index is 11.4. The van der Waals surface area contributed by atoms with Crippen LogP contribution in [0.15, 0.2) is 0 Å². The Kier molecular flexibility index (Phi) is 24.9. The van der Waals surface area contributed by atoms with Gasteiger partial charge in [-0.1, -0.05) is 96.8 Å². The van der Waals surface area contributed by atoms with Gasteiger partial charge in [0.2, 0.25) is 0 Å². The van der Waals surface area contributed by atoms with Crippen molar-refractivity contribution < 1.29 is 15.6 Å². The molecular formula is C20H47NO3. The van der Waals surface area contributed by atoms with Gasteiger partial charge in [0.05, 0.1) is 20.6 Å². The van der Waals surface area contributed by atoms with Gasteiger partial charge in [0, 0.05) is 0 Å². The number of nitrogens with zero attached hydrogens (tertiary/aromatic N) is 1. The van der Waals surface area contributed by atoms with Gasteiger partial charge in [0.25, 0.3) is 0 Å². The molecule has 0 heterocycles. The van der Waals surface area contributed by atoms with Crippen LogP contribution in [0.3, 0.4) is 0 Å². The van der Waals surface area contributed by atoms with E-state index >= 15 is 0 Å². The van der Waals surface area contributed by atoms with Crippen molar-refractivity contribution in [2.45, 2.75) is 110 Å². The summed E-state index contributed by atoms with van der Waals surface area (Å²) in [6.45, 7) is 3.06. The number of rotatable bonds is 17. The highest BCUT2D eigenvalue weighted by molar-refractivity contribution is 4.50. The summed E-state index contributed by atoms with van der Waals surface area (Å²) in [6, 6.07) is 0. The molecular weight excluding hydrogens is 302 g/mol. The minimum Gasteiger partial charge on any atom is -0.633 e. The molecule has 4 N–H and O–H groups in total. The van der Waals surface area contributed by atoms with E-state index in [4.69, 9.17) is 0 Å². The zero-order chi connectivity index (χ0) is 16.5. The fourth-order valence-corrected chi connectivity index (χ4v) is 3.04. The average molecular weight is 350 g/mol. The minimum absolute atomic E-state index is 0. The zero-order valence-electron chi connectivity index (χ0n) is 16.9. The summed E-state index contributed by atoms with van der Waals surface area (Å²) in [4.78, 5) is 0. The van der Waals surface area contributed by atoms with E-state index in [1.165, 1.54) is 96.3 Å². The summed E-state index contributed by atoms with van der Waals surface area (Å²) in [5.41, 5.74) is 0. The van der Waals surface area contributed by atoms with Crippen LogP contribution in [0, 0.1) is 5.21 Å². The Labute approximate surface area is 151 Å². The topological polar surface area (TPSA) is 86.1 Å². The van der Waals surface area contributed by atoms with Crippen molar-refractivity contribution in [3.05, 3.63) is 5.21 Å². The Hall–Kier alpha value is -0.160. The van der Waals surface area contributed by atoms with E-state index in [1.54, 1.807) is 14.1 Å². The molecule has 0 saturated heterocycles. The summed E-state index contributed by atoms with van der Waals surface area (Å²) in [6.07, 6.45) is 22.2. The van der Waals surface area contributed by atoms with Gasteiger partial charge in [-0.25, -0.2) is 0 Å². The molecule has 0 aromatic rings. The first kappa shape index (κ1) is 28.6. The van der Waals surface area contributed by atoms with Crippen LogP contribution in [-0.4, -0.2) is 36.2 Å². The second kappa shape index (κ2) is 20.9. The molecule has 150 valence electrons. The van der Waals surface area contributed by atoms with E-state index in [0.717, 1.165) is 13.0 Å². The lowest BCUT2D eigenvalue weighted by Gasteiger charge is -2.33. The Morgan fingerprint density at radius 1 is 0.500 bits per heavy atom. The molecule has 0 amide bonds. The van der Waals surface area contributed by atoms with E-state index in [1.807, 2.05) is 0 Å². The van der Waals surface area contributed by atoms with Crippen LogP contribution >= 0.6 is 0 Å². The van der Waals surface area contributed by atoms with Gasteiger partial charge in [-0.05, 0) is 12.8 Å². The normalized spacial score (nSPS) is 11.0. The summed E-state index contributed by atoms with van der Waals surface area (Å²) >= 11 is 0. The fraction of sp³-hybridized carbons (Fsp3) is 1.00. The van der Waals surface area contributed by atoms with Crippen molar-refractivity contribution in [2.24, 2.45) is 0 Å². The fourth-order valence-electron chi connectivity index (χ4n) is 3.04. The molecule has 4 nitrogen and oxygen atoms in total. The summed E-state index contributed by atoms with van der Waals surface area (Å²) in [5, 5.41) is 11.4. The molecule has 0 saturated carbocycles. The molecule has 0 aromatic heterocycles. The molecule has 0 aliphatic carbocycles. The lowest BCUT2D eigenvalue weighted by atomic mass is 10.0. The number of hydrogen-bond acceptors (Lipinski definition) is 1. The Morgan fingerprint density at radius 2 is 0.750 bits per heavy atom. The van der Waals surface area contributed by atoms with Crippen LogP contribution in [0.5, 0.6) is 0 Å². The highest BCUT2D eigenvalue weighted by Crippen LogP contribution is 2.13. The second-order valence-corrected chi connectivity index (χ2v) is 7.60. The maximum atomic E-state index is 11.4. The molecule has 4 heteroatoms. The summed E-state index contributed by atoms with van der Waals surface area (Å²) in [5.74, 6) is 0. The van der Waals surface area contributed by atoms with E-state index in [0.29, 0.717) is 0 Å². The van der Waals surface area contributed by atoms with E-state index in [9.17, 15) is 5.21 Å². The van der Waals surface area contributed by atoms with Gasteiger partial charge in [-0.3, -0.25) is 0 Å². The second-order valence-electron chi connectivity index (χ2n) is 7.60. The predicted octanol–water partition coefficient (Wildman–Crippen LogP) is 5.17. The van der Waals surface area contributed by atoms with E-state index in [-0.39, 0.29) is 15.6 Å². The molecule has 24 heavy (non-hydrogen) atoms. The molecule has 0 aliphatic heterocycles. The Morgan fingerprint density at radius 3 is 1.00 bits per heavy atom. The van der Waals surface area contributed by atoms with E-state index < -0.39 is 0 Å². The predicted molar refractivity (Wildman–Crippen MR) is 107 cm³/mol. The molecule has 0 unspecified atom stereocenters. The van der Waals surface area contributed by atoms with Gasteiger partial charge in [-0.15, -0.1) is 0 Å². The lowest BCUT2D eigenvalue weighted by Crippen LogP contribution is -2.32. The molecule has 0 radical (unpaired) electrons. The van der Waals surface area contributed by atoms with Crippen molar-refractivity contribution in [2.75, 3.05) is 20.6 Å². The molecule has 0 atom stereocenters. The number of unbranched alkanes of at least 4 members (excludes halogenated alkanes) is 15. The van der Waals surface area contributed by atoms with Crippen molar-refractivity contribution in [1.82, 2.24) is 0 Å². The number of hydroxylamine groups is 3. The first-order chi connectivity index (χ1) is 10.6. The third-order valence-corrected chi connectivity index (χ3v) is 4.55. The number of quaternary nitrogens is 1. The monoisotopic (exact) mass is 349 g/mol. The van der Waals surface area contributed by atoms with Crippen LogP contribution in [0.2, 0.25) is 0 Å². The largest absolute Gasteiger partial charge is 0.633 e. The molecule has 0 bridgehead atoms. The van der Waals surface area contributed by atoms with Crippen molar-refractivity contribution in [3.63, 3.8) is 0 Å². The molecule has 0 spiro atoms. The van der Waals surface area contributed by atoms with Crippen molar-refractivity contribution >= 4 is 0 Å². The van der Waals surface area contributed by atoms with E-state index in [2.05, 4.69) is 6.92 Å². The highest BCUT2D eigenvalue weighted by Gasteiger charge is 2.00.